The largest absolute Gasteiger partial charge is 0.378 e. The lowest BCUT2D eigenvalue weighted by Gasteiger charge is -2.16. The maximum absolute atomic E-state index is 5.04. The summed E-state index contributed by atoms with van der Waals surface area (Å²) in [6.07, 6.45) is 2.94. The first-order valence-corrected chi connectivity index (χ1v) is 10.1. The first kappa shape index (κ1) is 17.9. The Bertz CT molecular complexity index is 1140. The van der Waals surface area contributed by atoms with E-state index in [0.717, 1.165) is 49.3 Å². The summed E-state index contributed by atoms with van der Waals surface area (Å²) in [6.45, 7) is 3.44. The van der Waals surface area contributed by atoms with Gasteiger partial charge in [0.05, 0.1) is 36.1 Å². The fraction of sp³-hybridized carbons (Fsp3) is 0.304. The molecule has 29 heavy (non-hydrogen) atoms. The molecule has 148 valence electrons. The van der Waals surface area contributed by atoms with Crippen molar-refractivity contribution in [2.45, 2.75) is 26.1 Å². The van der Waals surface area contributed by atoms with Gasteiger partial charge >= 0.3 is 0 Å². The van der Waals surface area contributed by atoms with E-state index in [0.29, 0.717) is 0 Å². The zero-order valence-corrected chi connectivity index (χ0v) is 17.0. The summed E-state index contributed by atoms with van der Waals surface area (Å²) < 4.78 is 4.40. The minimum atomic E-state index is 0.747. The summed E-state index contributed by atoms with van der Waals surface area (Å²) >= 11 is 0. The number of anilines is 1. The Hall–Kier alpha value is -3.12. The van der Waals surface area contributed by atoms with Gasteiger partial charge in [-0.3, -0.25) is 4.68 Å². The molecular weight excluding hydrogens is 360 g/mol. The van der Waals surface area contributed by atoms with Gasteiger partial charge in [-0.2, -0.15) is 5.10 Å². The minimum Gasteiger partial charge on any atom is -0.378 e. The van der Waals surface area contributed by atoms with E-state index in [1.54, 1.807) is 0 Å². The molecule has 0 atom stereocenters. The van der Waals surface area contributed by atoms with Crippen LogP contribution < -0.4 is 10.2 Å². The lowest BCUT2D eigenvalue weighted by atomic mass is 10.1. The van der Waals surface area contributed by atoms with Gasteiger partial charge in [-0.1, -0.05) is 24.3 Å². The SMILES string of the molecule is CN(C)c1ccc(Cn2nc(Cn3cnc4ccccc43)c3c2CCNC3)cc1. The third-order valence-electron chi connectivity index (χ3n) is 5.72. The molecule has 0 bridgehead atoms. The van der Waals surface area contributed by atoms with Crippen molar-refractivity contribution < 1.29 is 0 Å². The normalized spacial score (nSPS) is 13.6. The molecule has 2 aromatic carbocycles. The maximum atomic E-state index is 5.04. The summed E-state index contributed by atoms with van der Waals surface area (Å²) in [5.41, 5.74) is 8.52. The second-order valence-corrected chi connectivity index (χ2v) is 7.88. The van der Waals surface area contributed by atoms with E-state index in [-0.39, 0.29) is 0 Å². The van der Waals surface area contributed by atoms with Crippen LogP contribution >= 0.6 is 0 Å². The fourth-order valence-electron chi connectivity index (χ4n) is 4.12. The van der Waals surface area contributed by atoms with Gasteiger partial charge in [0, 0.05) is 50.6 Å². The molecule has 0 fully saturated rings. The molecule has 1 N–H and O–H groups in total. The molecule has 0 aliphatic carbocycles. The molecule has 6 heteroatoms. The molecule has 5 rings (SSSR count). The number of aromatic nitrogens is 4. The number of imidazole rings is 1. The van der Waals surface area contributed by atoms with Crippen LogP contribution in [0.15, 0.2) is 54.9 Å². The summed E-state index contributed by atoms with van der Waals surface area (Å²) in [5, 5.41) is 8.56. The second kappa shape index (κ2) is 7.37. The van der Waals surface area contributed by atoms with Crippen molar-refractivity contribution in [3.8, 4) is 0 Å². The highest BCUT2D eigenvalue weighted by atomic mass is 15.3. The quantitative estimate of drug-likeness (QED) is 0.573. The van der Waals surface area contributed by atoms with Crippen molar-refractivity contribution in [2.75, 3.05) is 25.5 Å². The first-order valence-electron chi connectivity index (χ1n) is 10.1. The zero-order chi connectivity index (χ0) is 19.8. The molecule has 0 saturated carbocycles. The molecule has 4 aromatic rings. The number of hydrogen-bond donors (Lipinski definition) is 1. The van der Waals surface area contributed by atoms with E-state index in [1.165, 1.54) is 22.5 Å². The van der Waals surface area contributed by atoms with Crippen LogP contribution in [0.25, 0.3) is 11.0 Å². The summed E-state index contributed by atoms with van der Waals surface area (Å²) in [4.78, 5) is 6.66. The van der Waals surface area contributed by atoms with Crippen LogP contribution in [0.4, 0.5) is 5.69 Å². The smallest absolute Gasteiger partial charge is 0.0962 e. The topological polar surface area (TPSA) is 50.9 Å². The summed E-state index contributed by atoms with van der Waals surface area (Å²) in [5.74, 6) is 0. The van der Waals surface area contributed by atoms with Crippen LogP contribution in [0.2, 0.25) is 0 Å². The van der Waals surface area contributed by atoms with E-state index in [2.05, 4.69) is 81.0 Å². The number of para-hydroxylation sites is 2. The molecule has 0 unspecified atom stereocenters. The predicted molar refractivity (Wildman–Crippen MR) is 116 cm³/mol. The first-order chi connectivity index (χ1) is 14.2. The Balaban J connectivity index is 1.46. The zero-order valence-electron chi connectivity index (χ0n) is 17.0. The van der Waals surface area contributed by atoms with E-state index >= 15 is 0 Å². The molecular formula is C23H26N6. The van der Waals surface area contributed by atoms with Crippen molar-refractivity contribution in [1.82, 2.24) is 24.6 Å². The molecule has 6 nitrogen and oxygen atoms in total. The van der Waals surface area contributed by atoms with Gasteiger partial charge in [0.15, 0.2) is 0 Å². The molecule has 0 radical (unpaired) electrons. The Labute approximate surface area is 170 Å². The number of nitrogens with zero attached hydrogens (tertiary/aromatic N) is 5. The third kappa shape index (κ3) is 3.40. The molecule has 1 aliphatic rings. The summed E-state index contributed by atoms with van der Waals surface area (Å²) in [7, 11) is 4.13. The van der Waals surface area contributed by atoms with E-state index in [1.807, 2.05) is 12.4 Å². The van der Waals surface area contributed by atoms with Crippen LogP contribution in [-0.2, 0) is 26.1 Å². The lowest BCUT2D eigenvalue weighted by molar-refractivity contribution is 0.582. The van der Waals surface area contributed by atoms with Crippen LogP contribution in [-0.4, -0.2) is 40.0 Å². The van der Waals surface area contributed by atoms with Crippen molar-refractivity contribution in [1.29, 1.82) is 0 Å². The Morgan fingerprint density at radius 3 is 2.69 bits per heavy atom. The Morgan fingerprint density at radius 2 is 1.86 bits per heavy atom. The van der Waals surface area contributed by atoms with Gasteiger partial charge in [0.25, 0.3) is 0 Å². The average molecular weight is 387 g/mol. The number of rotatable bonds is 5. The summed E-state index contributed by atoms with van der Waals surface area (Å²) in [6, 6.07) is 17.0. The molecule has 0 saturated heterocycles. The van der Waals surface area contributed by atoms with E-state index < -0.39 is 0 Å². The molecule has 2 aromatic heterocycles. The molecule has 3 heterocycles. The average Bonchev–Trinajstić information content (AvgIpc) is 3.31. The monoisotopic (exact) mass is 386 g/mol. The van der Waals surface area contributed by atoms with Crippen LogP contribution in [0.3, 0.4) is 0 Å². The van der Waals surface area contributed by atoms with Crippen LogP contribution in [0.1, 0.15) is 22.5 Å². The Kier molecular flexibility index (Phi) is 4.56. The second-order valence-electron chi connectivity index (χ2n) is 7.88. The van der Waals surface area contributed by atoms with Crippen molar-refractivity contribution in [2.24, 2.45) is 0 Å². The lowest BCUT2D eigenvalue weighted by Crippen LogP contribution is -2.25. The van der Waals surface area contributed by atoms with Crippen molar-refractivity contribution >= 4 is 16.7 Å². The van der Waals surface area contributed by atoms with Gasteiger partial charge in [-0.15, -0.1) is 0 Å². The third-order valence-corrected chi connectivity index (χ3v) is 5.72. The van der Waals surface area contributed by atoms with Crippen molar-refractivity contribution in [3.05, 3.63) is 77.4 Å². The Morgan fingerprint density at radius 1 is 1.03 bits per heavy atom. The standard InChI is InChI=1S/C23H26N6/c1-27(2)18-9-7-17(8-10-18)14-29-22-11-12-24-13-19(22)21(26-29)15-28-16-25-20-5-3-4-6-23(20)28/h3-10,16,24H,11-15H2,1-2H3. The maximum Gasteiger partial charge on any atom is 0.0962 e. The molecule has 1 aliphatic heterocycles. The predicted octanol–water partition coefficient (Wildman–Crippen LogP) is 3.04. The van der Waals surface area contributed by atoms with Crippen LogP contribution in [0, 0.1) is 0 Å². The van der Waals surface area contributed by atoms with Crippen molar-refractivity contribution in [3.63, 3.8) is 0 Å². The minimum absolute atomic E-state index is 0.747. The van der Waals surface area contributed by atoms with E-state index in [9.17, 15) is 0 Å². The van der Waals surface area contributed by atoms with E-state index in [4.69, 9.17) is 5.10 Å². The van der Waals surface area contributed by atoms with Gasteiger partial charge in [0.2, 0.25) is 0 Å². The van der Waals surface area contributed by atoms with Gasteiger partial charge in [0.1, 0.15) is 0 Å². The van der Waals surface area contributed by atoms with Gasteiger partial charge in [-0.05, 0) is 29.8 Å². The number of hydrogen-bond acceptors (Lipinski definition) is 4. The highest BCUT2D eigenvalue weighted by molar-refractivity contribution is 5.75. The number of nitrogens with one attached hydrogen (secondary N) is 1. The van der Waals surface area contributed by atoms with Gasteiger partial charge < -0.3 is 14.8 Å². The highest BCUT2D eigenvalue weighted by Gasteiger charge is 2.21. The number of fused-ring (bicyclic) bond motifs is 2. The van der Waals surface area contributed by atoms with Gasteiger partial charge in [-0.25, -0.2) is 4.98 Å². The molecule has 0 amide bonds. The fourth-order valence-corrected chi connectivity index (χ4v) is 4.12. The highest BCUT2D eigenvalue weighted by Crippen LogP contribution is 2.23. The number of benzene rings is 2. The molecule has 0 spiro atoms. The van der Waals surface area contributed by atoms with Crippen LogP contribution in [0.5, 0.6) is 0 Å².